The summed E-state index contributed by atoms with van der Waals surface area (Å²) in [5, 5.41) is 7.38. The standard InChI is InChI=1S/C38H47N3O3/c1-42-36-25-31(26-37(43-2)38(36)44-29-30-13-6-3-7-14-30)27-39-21-12-22-40-34-19-23-41(24-20-34)28-35(32-15-8-4-9-16-32)33-17-10-5-11-18-33/h3-11,13-18,25-26,34-35,39-40H,12,19-24,27-29H2,1-2H3. The van der Waals surface area contributed by atoms with Crippen LogP contribution < -0.4 is 24.8 Å². The van der Waals surface area contributed by atoms with Gasteiger partial charge in [-0.25, -0.2) is 0 Å². The molecule has 6 heteroatoms. The van der Waals surface area contributed by atoms with Gasteiger partial charge in [0.05, 0.1) is 14.2 Å². The van der Waals surface area contributed by atoms with Crippen molar-refractivity contribution in [3.05, 3.63) is 125 Å². The first-order valence-corrected chi connectivity index (χ1v) is 15.9. The van der Waals surface area contributed by atoms with Crippen LogP contribution >= 0.6 is 0 Å². The van der Waals surface area contributed by atoms with E-state index in [-0.39, 0.29) is 0 Å². The Bertz CT molecular complexity index is 1310. The number of piperidine rings is 1. The highest BCUT2D eigenvalue weighted by atomic mass is 16.5. The average molecular weight is 594 g/mol. The maximum absolute atomic E-state index is 6.09. The molecule has 1 fully saturated rings. The van der Waals surface area contributed by atoms with Crippen LogP contribution in [0.1, 0.15) is 47.4 Å². The fourth-order valence-electron chi connectivity index (χ4n) is 6.01. The monoisotopic (exact) mass is 593 g/mol. The van der Waals surface area contributed by atoms with Gasteiger partial charge in [0.2, 0.25) is 5.75 Å². The number of rotatable bonds is 16. The smallest absolute Gasteiger partial charge is 0.203 e. The van der Waals surface area contributed by atoms with Crippen molar-refractivity contribution in [2.75, 3.05) is 46.9 Å². The van der Waals surface area contributed by atoms with E-state index >= 15 is 0 Å². The fraction of sp³-hybridized carbons (Fsp3) is 0.368. The summed E-state index contributed by atoms with van der Waals surface area (Å²) in [5.41, 5.74) is 5.00. The van der Waals surface area contributed by atoms with Crippen LogP contribution in [0, 0.1) is 0 Å². The van der Waals surface area contributed by atoms with E-state index in [4.69, 9.17) is 14.2 Å². The van der Waals surface area contributed by atoms with E-state index in [1.54, 1.807) is 14.2 Å². The number of likely N-dealkylation sites (tertiary alicyclic amines) is 1. The van der Waals surface area contributed by atoms with Crippen molar-refractivity contribution in [3.63, 3.8) is 0 Å². The zero-order valence-corrected chi connectivity index (χ0v) is 26.2. The second-order valence-electron chi connectivity index (χ2n) is 11.5. The van der Waals surface area contributed by atoms with Crippen molar-refractivity contribution >= 4 is 0 Å². The third-order valence-electron chi connectivity index (χ3n) is 8.47. The van der Waals surface area contributed by atoms with Gasteiger partial charge in [0, 0.05) is 25.0 Å². The van der Waals surface area contributed by atoms with Crippen molar-refractivity contribution in [1.29, 1.82) is 0 Å². The van der Waals surface area contributed by atoms with Crippen molar-refractivity contribution in [2.24, 2.45) is 0 Å². The van der Waals surface area contributed by atoms with Gasteiger partial charge in [-0.1, -0.05) is 91.0 Å². The van der Waals surface area contributed by atoms with Gasteiger partial charge in [-0.3, -0.25) is 0 Å². The Hall–Kier alpha value is -3.84. The van der Waals surface area contributed by atoms with Crippen LogP contribution in [0.4, 0.5) is 0 Å². The van der Waals surface area contributed by atoms with Crippen LogP contribution in [0.15, 0.2) is 103 Å². The number of ether oxygens (including phenoxy) is 3. The number of nitrogens with one attached hydrogen (secondary N) is 2. The molecule has 0 aliphatic carbocycles. The lowest BCUT2D eigenvalue weighted by atomic mass is 9.90. The molecular weight excluding hydrogens is 546 g/mol. The molecule has 0 unspecified atom stereocenters. The van der Waals surface area contributed by atoms with Gasteiger partial charge in [-0.2, -0.15) is 0 Å². The molecule has 0 amide bonds. The molecule has 4 aromatic rings. The van der Waals surface area contributed by atoms with Crippen molar-refractivity contribution in [2.45, 2.75) is 44.4 Å². The molecule has 1 aliphatic heterocycles. The van der Waals surface area contributed by atoms with Crippen molar-refractivity contribution in [3.8, 4) is 17.2 Å². The molecule has 5 rings (SSSR count). The highest BCUT2D eigenvalue weighted by Crippen LogP contribution is 2.39. The molecule has 2 N–H and O–H groups in total. The van der Waals surface area contributed by atoms with Crippen LogP contribution in [0.3, 0.4) is 0 Å². The summed E-state index contributed by atoms with van der Waals surface area (Å²) in [5.74, 6) is 2.41. The SMILES string of the molecule is COc1cc(CNCCCNC2CCN(CC(c3ccccc3)c3ccccc3)CC2)cc(OC)c1OCc1ccccc1. The molecule has 0 spiro atoms. The van der Waals surface area contributed by atoms with E-state index in [0.717, 1.165) is 56.8 Å². The first kappa shape index (κ1) is 31.6. The molecule has 0 bridgehead atoms. The Morgan fingerprint density at radius 2 is 1.30 bits per heavy atom. The molecule has 44 heavy (non-hydrogen) atoms. The average Bonchev–Trinajstić information content (AvgIpc) is 3.09. The first-order valence-electron chi connectivity index (χ1n) is 15.9. The molecule has 0 radical (unpaired) electrons. The molecule has 0 aromatic heterocycles. The van der Waals surface area contributed by atoms with E-state index in [0.29, 0.717) is 35.8 Å². The van der Waals surface area contributed by atoms with Crippen LogP contribution in [0.25, 0.3) is 0 Å². The van der Waals surface area contributed by atoms with Gasteiger partial charge >= 0.3 is 0 Å². The van der Waals surface area contributed by atoms with Gasteiger partial charge in [0.25, 0.3) is 0 Å². The lowest BCUT2D eigenvalue weighted by Gasteiger charge is -2.35. The van der Waals surface area contributed by atoms with Gasteiger partial charge < -0.3 is 29.7 Å². The van der Waals surface area contributed by atoms with Crippen LogP contribution in [-0.4, -0.2) is 57.9 Å². The second-order valence-corrected chi connectivity index (χ2v) is 11.5. The van der Waals surface area contributed by atoms with Crippen LogP contribution in [0.2, 0.25) is 0 Å². The van der Waals surface area contributed by atoms with E-state index in [1.807, 2.05) is 42.5 Å². The Kier molecular flexibility index (Phi) is 12.1. The Morgan fingerprint density at radius 3 is 1.86 bits per heavy atom. The maximum atomic E-state index is 6.09. The van der Waals surface area contributed by atoms with E-state index in [9.17, 15) is 0 Å². The summed E-state index contributed by atoms with van der Waals surface area (Å²) in [6.07, 6.45) is 3.47. The lowest BCUT2D eigenvalue weighted by molar-refractivity contribution is 0.193. The molecule has 1 heterocycles. The van der Waals surface area contributed by atoms with Gasteiger partial charge in [-0.05, 0) is 79.8 Å². The largest absolute Gasteiger partial charge is 0.493 e. The predicted molar refractivity (Wildman–Crippen MR) is 179 cm³/mol. The molecule has 4 aromatic carbocycles. The fourth-order valence-corrected chi connectivity index (χ4v) is 6.01. The summed E-state index contributed by atoms with van der Waals surface area (Å²) < 4.78 is 17.4. The Labute approximate surface area is 263 Å². The van der Waals surface area contributed by atoms with Gasteiger partial charge in [-0.15, -0.1) is 0 Å². The summed E-state index contributed by atoms with van der Waals surface area (Å²) in [6, 6.07) is 36.7. The van der Waals surface area contributed by atoms with Crippen molar-refractivity contribution < 1.29 is 14.2 Å². The second kappa shape index (κ2) is 16.9. The van der Waals surface area contributed by atoms with Crippen molar-refractivity contribution in [1.82, 2.24) is 15.5 Å². The summed E-state index contributed by atoms with van der Waals surface area (Å²) in [4.78, 5) is 2.64. The molecule has 1 aliphatic rings. The minimum Gasteiger partial charge on any atom is -0.493 e. The zero-order valence-electron chi connectivity index (χ0n) is 26.2. The highest BCUT2D eigenvalue weighted by molar-refractivity contribution is 5.54. The normalized spacial score (nSPS) is 14.1. The zero-order chi connectivity index (χ0) is 30.4. The molecule has 0 saturated carbocycles. The Balaban J connectivity index is 1.02. The number of hydrogen-bond donors (Lipinski definition) is 2. The number of hydrogen-bond acceptors (Lipinski definition) is 6. The summed E-state index contributed by atoms with van der Waals surface area (Å²) in [7, 11) is 3.34. The number of methoxy groups -OCH3 is 2. The molecular formula is C38H47N3O3. The minimum absolute atomic E-state index is 0.408. The Morgan fingerprint density at radius 1 is 0.727 bits per heavy atom. The molecule has 232 valence electrons. The van der Waals surface area contributed by atoms with Gasteiger partial charge in [0.1, 0.15) is 6.61 Å². The predicted octanol–water partition coefficient (Wildman–Crippen LogP) is 6.65. The van der Waals surface area contributed by atoms with Crippen LogP contribution in [0.5, 0.6) is 17.2 Å². The number of nitrogens with zero attached hydrogens (tertiary/aromatic N) is 1. The molecule has 6 nitrogen and oxygen atoms in total. The third kappa shape index (κ3) is 9.08. The van der Waals surface area contributed by atoms with Gasteiger partial charge in [0.15, 0.2) is 11.5 Å². The maximum Gasteiger partial charge on any atom is 0.203 e. The third-order valence-corrected chi connectivity index (χ3v) is 8.47. The van der Waals surface area contributed by atoms with E-state index < -0.39 is 0 Å². The van der Waals surface area contributed by atoms with E-state index in [1.165, 1.54) is 24.0 Å². The summed E-state index contributed by atoms with van der Waals surface area (Å²) >= 11 is 0. The lowest BCUT2D eigenvalue weighted by Crippen LogP contribution is -2.44. The molecule has 0 atom stereocenters. The quantitative estimate of drug-likeness (QED) is 0.142. The molecule has 1 saturated heterocycles. The minimum atomic E-state index is 0.408. The summed E-state index contributed by atoms with van der Waals surface area (Å²) in [6.45, 7) is 6.51. The highest BCUT2D eigenvalue weighted by Gasteiger charge is 2.23. The first-order chi connectivity index (χ1) is 21.7. The number of benzene rings is 4. The topological polar surface area (TPSA) is 55.0 Å². The van der Waals surface area contributed by atoms with E-state index in [2.05, 4.69) is 76.2 Å². The van der Waals surface area contributed by atoms with Crippen LogP contribution in [-0.2, 0) is 13.2 Å².